The lowest BCUT2D eigenvalue weighted by atomic mass is 10.0. The number of hydrogen-bond acceptors (Lipinski definition) is 8. The largest absolute Gasteiger partial charge is 0.444 e. The molecule has 0 unspecified atom stereocenters. The molecule has 0 saturated carbocycles. The highest BCUT2D eigenvalue weighted by molar-refractivity contribution is 5.89. The fourth-order valence-electron chi connectivity index (χ4n) is 4.20. The summed E-state index contributed by atoms with van der Waals surface area (Å²) in [5, 5.41) is 3.34. The Balaban J connectivity index is 1.30. The molecule has 10 nitrogen and oxygen atoms in total. The smallest absolute Gasteiger partial charge is 0.415 e. The summed E-state index contributed by atoms with van der Waals surface area (Å²) in [7, 11) is 2.08. The van der Waals surface area contributed by atoms with E-state index in [-0.39, 0.29) is 24.8 Å². The standard InChI is InChI=1S/C26H36N6O4/c1-7-32-22-20(16-35-25(32)34)12-27-23(29-22)28-17(2)19-10-8-18(9-11-19)13-30(6)21-14-31(15-21)24(33)36-26(3,4)5/h8-12,17,21H,7,13-16H2,1-6H3,(H,27,28,29)/t17-/m0/s1. The van der Waals surface area contributed by atoms with E-state index in [4.69, 9.17) is 9.47 Å². The summed E-state index contributed by atoms with van der Waals surface area (Å²) in [6.45, 7) is 12.4. The Hall–Kier alpha value is -3.40. The number of likely N-dealkylation sites (tertiary alicyclic amines) is 1. The lowest BCUT2D eigenvalue weighted by Crippen LogP contribution is -2.60. The van der Waals surface area contributed by atoms with Gasteiger partial charge >= 0.3 is 12.2 Å². The van der Waals surface area contributed by atoms with E-state index in [1.807, 2.05) is 27.7 Å². The van der Waals surface area contributed by atoms with Gasteiger partial charge in [-0.25, -0.2) is 14.6 Å². The summed E-state index contributed by atoms with van der Waals surface area (Å²) in [5.41, 5.74) is 2.63. The van der Waals surface area contributed by atoms with Crippen molar-refractivity contribution in [1.29, 1.82) is 0 Å². The molecule has 1 fully saturated rings. The summed E-state index contributed by atoms with van der Waals surface area (Å²) < 4.78 is 10.6. The molecule has 1 N–H and O–H groups in total. The van der Waals surface area contributed by atoms with Crippen LogP contribution in [-0.2, 0) is 22.6 Å². The molecule has 1 atom stereocenters. The van der Waals surface area contributed by atoms with Gasteiger partial charge in [-0.2, -0.15) is 4.98 Å². The first-order valence-electron chi connectivity index (χ1n) is 12.4. The molecule has 194 valence electrons. The van der Waals surface area contributed by atoms with Crippen LogP contribution in [0.3, 0.4) is 0 Å². The third-order valence-electron chi connectivity index (χ3n) is 6.38. The van der Waals surface area contributed by atoms with Crippen LogP contribution in [0.15, 0.2) is 30.5 Å². The predicted molar refractivity (Wildman–Crippen MR) is 137 cm³/mol. The zero-order chi connectivity index (χ0) is 26.0. The number of fused-ring (bicyclic) bond motifs is 1. The first-order chi connectivity index (χ1) is 17.0. The third kappa shape index (κ3) is 5.87. The molecule has 1 aromatic heterocycles. The van der Waals surface area contributed by atoms with Gasteiger partial charge in [-0.05, 0) is 52.8 Å². The molecule has 3 heterocycles. The molecule has 2 aromatic rings. The molecule has 4 rings (SSSR count). The Bertz CT molecular complexity index is 1090. The summed E-state index contributed by atoms with van der Waals surface area (Å²) >= 11 is 0. The Morgan fingerprint density at radius 1 is 1.28 bits per heavy atom. The molecule has 1 saturated heterocycles. The van der Waals surface area contributed by atoms with Crippen molar-refractivity contribution < 1.29 is 19.1 Å². The van der Waals surface area contributed by atoms with Crippen molar-refractivity contribution in [3.8, 4) is 0 Å². The van der Waals surface area contributed by atoms with Gasteiger partial charge in [-0.3, -0.25) is 9.80 Å². The summed E-state index contributed by atoms with van der Waals surface area (Å²) in [6.07, 6.45) is 1.07. The van der Waals surface area contributed by atoms with Gasteiger partial charge in [0.2, 0.25) is 5.95 Å². The van der Waals surface area contributed by atoms with Crippen LogP contribution in [0.4, 0.5) is 21.4 Å². The van der Waals surface area contributed by atoms with E-state index in [1.54, 1.807) is 11.1 Å². The van der Waals surface area contributed by atoms with Gasteiger partial charge < -0.3 is 19.7 Å². The number of benzene rings is 1. The van der Waals surface area contributed by atoms with Crippen molar-refractivity contribution in [1.82, 2.24) is 19.8 Å². The number of amides is 2. The molecule has 0 radical (unpaired) electrons. The summed E-state index contributed by atoms with van der Waals surface area (Å²) in [5.74, 6) is 1.07. The topological polar surface area (TPSA) is 100 Å². The quantitative estimate of drug-likeness (QED) is 0.610. The number of carbonyl (C=O) groups is 2. The fraction of sp³-hybridized carbons (Fsp3) is 0.538. The van der Waals surface area contributed by atoms with Crippen molar-refractivity contribution in [3.63, 3.8) is 0 Å². The minimum atomic E-state index is -0.474. The number of rotatable bonds is 7. The molecular weight excluding hydrogens is 460 g/mol. The molecular formula is C26H36N6O4. The monoisotopic (exact) mass is 496 g/mol. The maximum absolute atomic E-state index is 12.2. The van der Waals surface area contributed by atoms with Crippen LogP contribution in [0.5, 0.6) is 0 Å². The Morgan fingerprint density at radius 2 is 1.97 bits per heavy atom. The Kier molecular flexibility index (Phi) is 7.35. The van der Waals surface area contributed by atoms with Crippen molar-refractivity contribution in [2.24, 2.45) is 0 Å². The van der Waals surface area contributed by atoms with E-state index in [0.29, 0.717) is 37.4 Å². The Labute approximate surface area is 212 Å². The SMILES string of the molecule is CCN1C(=O)OCc2cnc(N[C@@H](C)c3ccc(CN(C)C4CN(C(=O)OC(C)(C)C)C4)cc3)nc21. The van der Waals surface area contributed by atoms with E-state index in [9.17, 15) is 9.59 Å². The molecule has 2 aliphatic heterocycles. The summed E-state index contributed by atoms with van der Waals surface area (Å²) in [6, 6.07) is 8.74. The van der Waals surface area contributed by atoms with Gasteiger partial charge in [0, 0.05) is 38.4 Å². The first-order valence-corrected chi connectivity index (χ1v) is 12.4. The highest BCUT2D eigenvalue weighted by Crippen LogP contribution is 2.27. The van der Waals surface area contributed by atoms with Crippen LogP contribution < -0.4 is 10.2 Å². The molecule has 0 spiro atoms. The molecule has 0 bridgehead atoms. The second kappa shape index (κ2) is 10.3. The maximum atomic E-state index is 12.2. The molecule has 2 aliphatic rings. The van der Waals surface area contributed by atoms with E-state index >= 15 is 0 Å². The van der Waals surface area contributed by atoms with Crippen molar-refractivity contribution in [3.05, 3.63) is 47.2 Å². The van der Waals surface area contributed by atoms with Crippen LogP contribution in [0.1, 0.15) is 57.4 Å². The van der Waals surface area contributed by atoms with Gasteiger partial charge in [0.05, 0.1) is 11.6 Å². The van der Waals surface area contributed by atoms with Crippen LogP contribution in [0.2, 0.25) is 0 Å². The normalized spacial score (nSPS) is 16.8. The number of cyclic esters (lactones) is 1. The average Bonchev–Trinajstić information content (AvgIpc) is 2.77. The van der Waals surface area contributed by atoms with Crippen molar-refractivity contribution >= 4 is 24.0 Å². The molecule has 0 aliphatic carbocycles. The van der Waals surface area contributed by atoms with Crippen molar-refractivity contribution in [2.45, 2.75) is 65.5 Å². The first kappa shape index (κ1) is 25.7. The number of likely N-dealkylation sites (N-methyl/N-ethyl adjacent to an activating group) is 1. The number of aromatic nitrogens is 2. The van der Waals surface area contributed by atoms with E-state index < -0.39 is 5.60 Å². The minimum absolute atomic E-state index is 0.0190. The molecule has 1 aromatic carbocycles. The number of anilines is 2. The van der Waals surface area contributed by atoms with Crippen LogP contribution >= 0.6 is 0 Å². The summed E-state index contributed by atoms with van der Waals surface area (Å²) in [4.78, 5) is 38.7. The molecule has 36 heavy (non-hydrogen) atoms. The molecule has 2 amide bonds. The lowest BCUT2D eigenvalue weighted by Gasteiger charge is -2.44. The highest BCUT2D eigenvalue weighted by Gasteiger charge is 2.35. The van der Waals surface area contributed by atoms with Crippen molar-refractivity contribution in [2.75, 3.05) is 36.9 Å². The molecule has 10 heteroatoms. The number of hydrogen-bond donors (Lipinski definition) is 1. The Morgan fingerprint density at radius 3 is 2.61 bits per heavy atom. The van der Waals surface area contributed by atoms with E-state index in [2.05, 4.69) is 58.4 Å². The third-order valence-corrected chi connectivity index (χ3v) is 6.38. The van der Waals surface area contributed by atoms with Crippen LogP contribution in [0.25, 0.3) is 0 Å². The zero-order valence-electron chi connectivity index (χ0n) is 21.9. The zero-order valence-corrected chi connectivity index (χ0v) is 21.9. The van der Waals surface area contributed by atoms with Gasteiger partial charge in [0.25, 0.3) is 0 Å². The second-order valence-electron chi connectivity index (χ2n) is 10.4. The fourth-order valence-corrected chi connectivity index (χ4v) is 4.20. The number of ether oxygens (including phenoxy) is 2. The van der Waals surface area contributed by atoms with Gasteiger partial charge in [-0.15, -0.1) is 0 Å². The van der Waals surface area contributed by atoms with Gasteiger partial charge in [0.15, 0.2) is 0 Å². The maximum Gasteiger partial charge on any atom is 0.415 e. The van der Waals surface area contributed by atoms with E-state index in [0.717, 1.165) is 17.7 Å². The van der Waals surface area contributed by atoms with Gasteiger partial charge in [-0.1, -0.05) is 24.3 Å². The number of nitrogens with one attached hydrogen (secondary N) is 1. The predicted octanol–water partition coefficient (Wildman–Crippen LogP) is 4.18. The van der Waals surface area contributed by atoms with Crippen LogP contribution in [0, 0.1) is 0 Å². The minimum Gasteiger partial charge on any atom is -0.444 e. The number of nitrogens with zero attached hydrogens (tertiary/aromatic N) is 5. The number of carbonyl (C=O) groups excluding carboxylic acids is 2. The van der Waals surface area contributed by atoms with Crippen LogP contribution in [-0.4, -0.2) is 70.3 Å². The highest BCUT2D eigenvalue weighted by atomic mass is 16.6. The van der Waals surface area contributed by atoms with Gasteiger partial charge in [0.1, 0.15) is 18.0 Å². The average molecular weight is 497 g/mol. The lowest BCUT2D eigenvalue weighted by molar-refractivity contribution is -0.0120. The second-order valence-corrected chi connectivity index (χ2v) is 10.4. The van der Waals surface area contributed by atoms with E-state index in [1.165, 1.54) is 10.5 Å².